The maximum absolute atomic E-state index is 14.7. The number of hydrogen-bond acceptors (Lipinski definition) is 7. The molecule has 4 bridgehead atoms. The first-order valence-electron chi connectivity index (χ1n) is 15.4. The standard InChI is InChI=1S/C35H38FN5O5/c1-40-19-26(35(39-40)25-6-4-3-5-7-25)20-41-13-12-30-29(21-41)38-34(43)22-45-32-16-23(8-10-31(32)44-2)9-11-33(42)37-18-24-14-27(36)17-28(15-24)46-30/h3-8,10,14-17,19,29-30H,9,11-13,18,20-22H2,1-2H3,(H,37,42)(H,38,43)/t29-,30-/m1/s1. The number of aromatic nitrogens is 2. The summed E-state index contributed by atoms with van der Waals surface area (Å²) in [6.45, 7) is 1.74. The van der Waals surface area contributed by atoms with Crippen molar-refractivity contribution in [3.63, 3.8) is 0 Å². The van der Waals surface area contributed by atoms with Gasteiger partial charge in [0.25, 0.3) is 5.91 Å². The predicted octanol–water partition coefficient (Wildman–Crippen LogP) is 4.01. The Morgan fingerprint density at radius 2 is 1.87 bits per heavy atom. The molecule has 0 radical (unpaired) electrons. The number of nitrogens with zero attached hydrogens (tertiary/aromatic N) is 3. The van der Waals surface area contributed by atoms with Crippen molar-refractivity contribution in [2.45, 2.75) is 44.5 Å². The predicted molar refractivity (Wildman–Crippen MR) is 170 cm³/mol. The minimum absolute atomic E-state index is 0.164. The highest BCUT2D eigenvalue weighted by Gasteiger charge is 2.33. The number of benzene rings is 3. The van der Waals surface area contributed by atoms with E-state index in [1.807, 2.05) is 54.3 Å². The summed E-state index contributed by atoms with van der Waals surface area (Å²) in [5, 5.41) is 10.7. The topological polar surface area (TPSA) is 107 Å². The van der Waals surface area contributed by atoms with Crippen LogP contribution in [0, 0.1) is 5.82 Å². The number of halogens is 1. The first-order chi connectivity index (χ1) is 22.3. The number of methoxy groups -OCH3 is 1. The van der Waals surface area contributed by atoms with Gasteiger partial charge in [-0.05, 0) is 48.2 Å². The van der Waals surface area contributed by atoms with Crippen LogP contribution < -0.4 is 24.8 Å². The Morgan fingerprint density at radius 1 is 1.02 bits per heavy atom. The van der Waals surface area contributed by atoms with E-state index in [0.29, 0.717) is 55.3 Å². The van der Waals surface area contributed by atoms with Crippen LogP contribution in [0.3, 0.4) is 0 Å². The molecule has 2 aliphatic heterocycles. The Bertz CT molecular complexity index is 1690. The Kier molecular flexibility index (Phi) is 9.49. The van der Waals surface area contributed by atoms with Crippen molar-refractivity contribution < 1.29 is 28.2 Å². The van der Waals surface area contributed by atoms with E-state index in [4.69, 9.17) is 19.3 Å². The Labute approximate surface area is 267 Å². The van der Waals surface area contributed by atoms with Gasteiger partial charge in [0.2, 0.25) is 5.91 Å². The van der Waals surface area contributed by atoms with Gasteiger partial charge in [-0.2, -0.15) is 5.10 Å². The lowest BCUT2D eigenvalue weighted by molar-refractivity contribution is -0.125. The molecule has 0 unspecified atom stereocenters. The van der Waals surface area contributed by atoms with Crippen LogP contribution in [0.1, 0.15) is 29.5 Å². The lowest BCUT2D eigenvalue weighted by Gasteiger charge is -2.39. The second-order valence-electron chi connectivity index (χ2n) is 11.7. The third kappa shape index (κ3) is 7.66. The number of nitrogens with one attached hydrogen (secondary N) is 2. The van der Waals surface area contributed by atoms with Gasteiger partial charge in [-0.3, -0.25) is 19.2 Å². The fraction of sp³-hybridized carbons (Fsp3) is 0.343. The maximum Gasteiger partial charge on any atom is 0.258 e. The monoisotopic (exact) mass is 627 g/mol. The molecule has 2 N–H and O–H groups in total. The van der Waals surface area contributed by atoms with Crippen LogP contribution in [0.15, 0.2) is 72.9 Å². The molecule has 0 spiro atoms. The molecule has 10 nitrogen and oxygen atoms in total. The molecule has 6 rings (SSSR count). The quantitative estimate of drug-likeness (QED) is 0.352. The van der Waals surface area contributed by atoms with E-state index >= 15 is 0 Å². The third-order valence-corrected chi connectivity index (χ3v) is 8.26. The molecule has 11 heteroatoms. The number of ether oxygens (including phenoxy) is 3. The molecule has 2 atom stereocenters. The molecule has 1 saturated heterocycles. The molecular weight excluding hydrogens is 589 g/mol. The van der Waals surface area contributed by atoms with Crippen LogP contribution in [0.25, 0.3) is 11.3 Å². The zero-order chi connectivity index (χ0) is 32.0. The van der Waals surface area contributed by atoms with Crippen LogP contribution >= 0.6 is 0 Å². The number of carbonyl (C=O) groups is 2. The molecule has 3 heterocycles. The van der Waals surface area contributed by atoms with Crippen molar-refractivity contribution in [3.8, 4) is 28.5 Å². The van der Waals surface area contributed by atoms with E-state index in [-0.39, 0.29) is 31.4 Å². The van der Waals surface area contributed by atoms with Crippen molar-refractivity contribution in [3.05, 3.63) is 95.4 Å². The van der Waals surface area contributed by atoms with Crippen LogP contribution in [0.2, 0.25) is 0 Å². The van der Waals surface area contributed by atoms with Gasteiger partial charge in [0.05, 0.1) is 18.8 Å². The lowest BCUT2D eigenvalue weighted by atomic mass is 10.00. The van der Waals surface area contributed by atoms with Gasteiger partial charge in [0, 0.05) is 63.0 Å². The molecule has 3 aromatic carbocycles. The number of aryl methyl sites for hydroxylation is 2. The highest BCUT2D eigenvalue weighted by Crippen LogP contribution is 2.29. The minimum Gasteiger partial charge on any atom is -0.493 e. The van der Waals surface area contributed by atoms with E-state index in [2.05, 4.69) is 15.5 Å². The molecular formula is C35H38FN5O5. The summed E-state index contributed by atoms with van der Waals surface area (Å²) in [6.07, 6.45) is 2.87. The second kappa shape index (κ2) is 14.0. The van der Waals surface area contributed by atoms with E-state index < -0.39 is 18.0 Å². The van der Waals surface area contributed by atoms with Gasteiger partial charge in [0.1, 0.15) is 17.7 Å². The van der Waals surface area contributed by atoms with E-state index in [1.165, 1.54) is 19.2 Å². The van der Waals surface area contributed by atoms with Crippen molar-refractivity contribution in [2.75, 3.05) is 26.8 Å². The van der Waals surface area contributed by atoms with Gasteiger partial charge in [-0.25, -0.2) is 4.39 Å². The number of carbonyl (C=O) groups excluding carboxylic acids is 2. The molecule has 2 amide bonds. The minimum atomic E-state index is -0.460. The van der Waals surface area contributed by atoms with Gasteiger partial charge in [-0.15, -0.1) is 0 Å². The first kappa shape index (κ1) is 31.1. The van der Waals surface area contributed by atoms with Crippen LogP contribution in [-0.2, 0) is 36.1 Å². The molecule has 0 saturated carbocycles. The van der Waals surface area contributed by atoms with Crippen molar-refractivity contribution in [1.82, 2.24) is 25.3 Å². The molecule has 2 aliphatic rings. The number of hydrogen-bond donors (Lipinski definition) is 2. The summed E-state index contributed by atoms with van der Waals surface area (Å²) in [4.78, 5) is 28.2. The highest BCUT2D eigenvalue weighted by atomic mass is 19.1. The van der Waals surface area contributed by atoms with Crippen LogP contribution in [-0.4, -0.2) is 65.4 Å². The summed E-state index contributed by atoms with van der Waals surface area (Å²) in [6, 6.07) is 19.5. The van der Waals surface area contributed by atoms with Crippen molar-refractivity contribution in [1.29, 1.82) is 0 Å². The zero-order valence-corrected chi connectivity index (χ0v) is 26.0. The Morgan fingerprint density at radius 3 is 2.70 bits per heavy atom. The normalized spacial score (nSPS) is 19.4. The van der Waals surface area contributed by atoms with Gasteiger partial charge < -0.3 is 24.8 Å². The molecule has 46 heavy (non-hydrogen) atoms. The lowest BCUT2D eigenvalue weighted by Crippen LogP contribution is -2.57. The Hall–Kier alpha value is -4.90. The molecule has 4 aromatic rings. The fourth-order valence-corrected chi connectivity index (χ4v) is 6.05. The number of rotatable bonds is 4. The summed E-state index contributed by atoms with van der Waals surface area (Å²) >= 11 is 0. The SMILES string of the molecule is COc1ccc2cc1OCC(=O)N[C@@H]1CN(Cc3cn(C)nc3-c3ccccc3)CC[C@H]1Oc1cc(F)cc(c1)CNC(=O)CC2. The van der Waals surface area contributed by atoms with Gasteiger partial charge in [-0.1, -0.05) is 36.4 Å². The summed E-state index contributed by atoms with van der Waals surface area (Å²) in [5.74, 6) is 0.314. The van der Waals surface area contributed by atoms with E-state index in [0.717, 1.165) is 22.4 Å². The van der Waals surface area contributed by atoms with Crippen LogP contribution in [0.5, 0.6) is 17.2 Å². The molecule has 1 fully saturated rings. The number of piperidine rings is 1. The van der Waals surface area contributed by atoms with E-state index in [1.54, 1.807) is 18.2 Å². The summed E-state index contributed by atoms with van der Waals surface area (Å²) in [5.41, 5.74) is 4.48. The van der Waals surface area contributed by atoms with Crippen LogP contribution in [0.4, 0.5) is 4.39 Å². The van der Waals surface area contributed by atoms with Crippen molar-refractivity contribution >= 4 is 11.8 Å². The van der Waals surface area contributed by atoms with Gasteiger partial charge in [0.15, 0.2) is 18.1 Å². The molecule has 240 valence electrons. The second-order valence-corrected chi connectivity index (χ2v) is 11.7. The van der Waals surface area contributed by atoms with Gasteiger partial charge >= 0.3 is 0 Å². The third-order valence-electron chi connectivity index (χ3n) is 8.26. The smallest absolute Gasteiger partial charge is 0.258 e. The van der Waals surface area contributed by atoms with Crippen molar-refractivity contribution in [2.24, 2.45) is 7.05 Å². The Balaban J connectivity index is 1.25. The number of amides is 2. The zero-order valence-electron chi connectivity index (χ0n) is 26.0. The average Bonchev–Trinajstić information content (AvgIpc) is 3.42. The molecule has 0 aliphatic carbocycles. The highest BCUT2D eigenvalue weighted by molar-refractivity contribution is 5.78. The van der Waals surface area contributed by atoms with E-state index in [9.17, 15) is 14.0 Å². The fourth-order valence-electron chi connectivity index (χ4n) is 6.05. The number of fused-ring (bicyclic) bond motifs is 5. The summed E-state index contributed by atoms with van der Waals surface area (Å²) in [7, 11) is 3.44. The first-order valence-corrected chi connectivity index (χ1v) is 15.4. The summed E-state index contributed by atoms with van der Waals surface area (Å²) < 4.78 is 34.2. The maximum atomic E-state index is 14.7. The average molecular weight is 628 g/mol. The molecule has 1 aromatic heterocycles. The largest absolute Gasteiger partial charge is 0.493 e. The number of likely N-dealkylation sites (tertiary alicyclic amines) is 1.